The smallest absolute Gasteiger partial charge is 0.0539 e. The Labute approximate surface area is 66.7 Å². The summed E-state index contributed by atoms with van der Waals surface area (Å²) in [4.78, 5) is 3.97. The molecule has 0 atom stereocenters. The van der Waals surface area contributed by atoms with E-state index in [0.29, 0.717) is 0 Å². The van der Waals surface area contributed by atoms with Gasteiger partial charge in [0.1, 0.15) is 0 Å². The van der Waals surface area contributed by atoms with Crippen LogP contribution in [0.4, 0.5) is 5.69 Å². The fourth-order valence-corrected chi connectivity index (χ4v) is 0.820. The topological polar surface area (TPSA) is 24.9 Å². The molecular weight excluding hydrogens is 136 g/mol. The molecule has 0 saturated heterocycles. The van der Waals surface area contributed by atoms with Crippen molar-refractivity contribution in [3.8, 4) is 12.3 Å². The van der Waals surface area contributed by atoms with Crippen LogP contribution in [0.1, 0.15) is 12.5 Å². The van der Waals surface area contributed by atoms with Gasteiger partial charge in [-0.25, -0.2) is 0 Å². The standard InChI is InChI=1S/C9H10N2/c1-3-8-5-9(11-4-2)7-10-6-8/h1,5-7,11H,4H2,2H3. The predicted octanol–water partition coefficient (Wildman–Crippen LogP) is 1.49. The molecule has 1 aromatic rings. The molecule has 0 saturated carbocycles. The molecule has 0 amide bonds. The molecule has 0 aliphatic heterocycles. The Kier molecular flexibility index (Phi) is 2.51. The monoisotopic (exact) mass is 146 g/mol. The van der Waals surface area contributed by atoms with E-state index in [1.807, 2.05) is 13.0 Å². The first kappa shape index (κ1) is 7.62. The van der Waals surface area contributed by atoms with Gasteiger partial charge in [-0.05, 0) is 13.0 Å². The molecule has 0 aromatic carbocycles. The molecule has 1 N–H and O–H groups in total. The lowest BCUT2D eigenvalue weighted by molar-refractivity contribution is 1.19. The molecule has 11 heavy (non-hydrogen) atoms. The first-order valence-electron chi connectivity index (χ1n) is 3.52. The van der Waals surface area contributed by atoms with Gasteiger partial charge in [0.05, 0.1) is 11.9 Å². The lowest BCUT2D eigenvalue weighted by Gasteiger charge is -2.00. The van der Waals surface area contributed by atoms with Crippen molar-refractivity contribution in [3.05, 3.63) is 24.0 Å². The zero-order chi connectivity index (χ0) is 8.10. The Balaban J connectivity index is 2.85. The van der Waals surface area contributed by atoms with Gasteiger partial charge in [0.25, 0.3) is 0 Å². The minimum Gasteiger partial charge on any atom is -0.384 e. The van der Waals surface area contributed by atoms with Crippen molar-refractivity contribution in [3.63, 3.8) is 0 Å². The van der Waals surface area contributed by atoms with Gasteiger partial charge in [-0.3, -0.25) is 4.98 Å². The number of nitrogens with zero attached hydrogens (tertiary/aromatic N) is 1. The van der Waals surface area contributed by atoms with Crippen molar-refractivity contribution in [2.24, 2.45) is 0 Å². The summed E-state index contributed by atoms with van der Waals surface area (Å²) in [5.41, 5.74) is 1.78. The summed E-state index contributed by atoms with van der Waals surface area (Å²) in [6.45, 7) is 2.91. The van der Waals surface area contributed by atoms with Gasteiger partial charge in [-0.2, -0.15) is 0 Å². The van der Waals surface area contributed by atoms with Gasteiger partial charge < -0.3 is 5.32 Å². The van der Waals surface area contributed by atoms with Crippen molar-refractivity contribution < 1.29 is 0 Å². The third kappa shape index (κ3) is 1.98. The van der Waals surface area contributed by atoms with E-state index in [-0.39, 0.29) is 0 Å². The van der Waals surface area contributed by atoms with Crippen molar-refractivity contribution in [1.82, 2.24) is 4.98 Å². The SMILES string of the molecule is C#Cc1cncc(NCC)c1. The molecule has 1 rings (SSSR count). The minimum atomic E-state index is 0.809. The zero-order valence-corrected chi connectivity index (χ0v) is 6.46. The third-order valence-corrected chi connectivity index (χ3v) is 1.29. The van der Waals surface area contributed by atoms with E-state index in [4.69, 9.17) is 6.42 Å². The number of terminal acetylenes is 1. The summed E-state index contributed by atoms with van der Waals surface area (Å²) < 4.78 is 0. The number of aromatic nitrogens is 1. The summed E-state index contributed by atoms with van der Waals surface area (Å²) in [5.74, 6) is 2.52. The maximum absolute atomic E-state index is 5.20. The third-order valence-electron chi connectivity index (χ3n) is 1.29. The van der Waals surface area contributed by atoms with Crippen LogP contribution in [0.25, 0.3) is 0 Å². The van der Waals surface area contributed by atoms with Crippen LogP contribution in [0.3, 0.4) is 0 Å². The van der Waals surface area contributed by atoms with Crippen LogP contribution in [-0.2, 0) is 0 Å². The van der Waals surface area contributed by atoms with Crippen LogP contribution in [0.5, 0.6) is 0 Å². The van der Waals surface area contributed by atoms with Crippen LogP contribution in [0, 0.1) is 12.3 Å². The van der Waals surface area contributed by atoms with Crippen LogP contribution in [0.2, 0.25) is 0 Å². The molecule has 56 valence electrons. The van der Waals surface area contributed by atoms with Crippen LogP contribution in [0.15, 0.2) is 18.5 Å². The number of nitrogens with one attached hydrogen (secondary N) is 1. The lowest BCUT2D eigenvalue weighted by atomic mass is 10.3. The normalized spacial score (nSPS) is 8.73. The van der Waals surface area contributed by atoms with Crippen molar-refractivity contribution in [1.29, 1.82) is 0 Å². The molecule has 2 nitrogen and oxygen atoms in total. The lowest BCUT2D eigenvalue weighted by Crippen LogP contribution is -1.96. The fraction of sp³-hybridized carbons (Fsp3) is 0.222. The Bertz CT molecular complexity index is 273. The molecule has 1 heterocycles. The summed E-state index contributed by atoms with van der Waals surface area (Å²) in [5, 5.41) is 3.12. The first-order chi connectivity index (χ1) is 5.36. The molecule has 1 aromatic heterocycles. The average molecular weight is 146 g/mol. The minimum absolute atomic E-state index is 0.809. The van der Waals surface area contributed by atoms with Crippen molar-refractivity contribution in [2.75, 3.05) is 11.9 Å². The molecule has 0 aliphatic rings. The van der Waals surface area contributed by atoms with E-state index in [1.54, 1.807) is 12.4 Å². The fourth-order valence-electron chi connectivity index (χ4n) is 0.820. The van der Waals surface area contributed by atoms with Gasteiger partial charge in [-0.1, -0.05) is 5.92 Å². The maximum atomic E-state index is 5.20. The Morgan fingerprint density at radius 3 is 3.09 bits per heavy atom. The second-order valence-electron chi connectivity index (χ2n) is 2.14. The summed E-state index contributed by atoms with van der Waals surface area (Å²) >= 11 is 0. The highest BCUT2D eigenvalue weighted by atomic mass is 14.9. The second-order valence-corrected chi connectivity index (χ2v) is 2.14. The first-order valence-corrected chi connectivity index (χ1v) is 3.52. The molecule has 2 heteroatoms. The molecule has 0 radical (unpaired) electrons. The van der Waals surface area contributed by atoms with Gasteiger partial charge in [0, 0.05) is 18.3 Å². The summed E-state index contributed by atoms with van der Waals surface area (Å²) in [6, 6.07) is 1.90. The van der Waals surface area contributed by atoms with Crippen molar-refractivity contribution >= 4 is 5.69 Å². The van der Waals surface area contributed by atoms with E-state index < -0.39 is 0 Å². The number of anilines is 1. The van der Waals surface area contributed by atoms with Gasteiger partial charge in [0.15, 0.2) is 0 Å². The highest BCUT2D eigenvalue weighted by Gasteiger charge is 1.90. The number of pyridine rings is 1. The Hall–Kier alpha value is -1.49. The quantitative estimate of drug-likeness (QED) is 0.639. The van der Waals surface area contributed by atoms with Gasteiger partial charge in [-0.15, -0.1) is 6.42 Å². The molecule has 0 unspecified atom stereocenters. The van der Waals surface area contributed by atoms with E-state index in [2.05, 4.69) is 16.2 Å². The molecule has 0 bridgehead atoms. The highest BCUT2D eigenvalue weighted by Crippen LogP contribution is 2.05. The molecular formula is C9H10N2. The van der Waals surface area contributed by atoms with Gasteiger partial charge in [0.2, 0.25) is 0 Å². The van der Waals surface area contributed by atoms with E-state index in [9.17, 15) is 0 Å². The number of rotatable bonds is 2. The number of hydrogen-bond acceptors (Lipinski definition) is 2. The Morgan fingerprint density at radius 2 is 2.45 bits per heavy atom. The van der Waals surface area contributed by atoms with Crippen LogP contribution in [-0.4, -0.2) is 11.5 Å². The van der Waals surface area contributed by atoms with E-state index >= 15 is 0 Å². The Morgan fingerprint density at radius 1 is 1.64 bits per heavy atom. The van der Waals surface area contributed by atoms with Crippen molar-refractivity contribution in [2.45, 2.75) is 6.92 Å². The average Bonchev–Trinajstić information content (AvgIpc) is 2.06. The zero-order valence-electron chi connectivity index (χ0n) is 6.46. The van der Waals surface area contributed by atoms with Gasteiger partial charge >= 0.3 is 0 Å². The summed E-state index contributed by atoms with van der Waals surface area (Å²) in [7, 11) is 0. The summed E-state index contributed by atoms with van der Waals surface area (Å²) in [6.07, 6.45) is 8.62. The van der Waals surface area contributed by atoms with E-state index in [0.717, 1.165) is 17.8 Å². The molecule has 0 fully saturated rings. The largest absolute Gasteiger partial charge is 0.384 e. The molecule has 0 aliphatic carbocycles. The number of hydrogen-bond donors (Lipinski definition) is 1. The molecule has 0 spiro atoms. The second kappa shape index (κ2) is 3.62. The highest BCUT2D eigenvalue weighted by molar-refractivity contribution is 5.46. The van der Waals surface area contributed by atoms with Crippen LogP contribution >= 0.6 is 0 Å². The van der Waals surface area contributed by atoms with Crippen LogP contribution < -0.4 is 5.32 Å². The predicted molar refractivity (Wildman–Crippen MR) is 46.3 cm³/mol. The van der Waals surface area contributed by atoms with E-state index in [1.165, 1.54) is 0 Å². The maximum Gasteiger partial charge on any atom is 0.0539 e.